The molecule has 1 N–H and O–H groups in total. The molecule has 1 aliphatic rings. The molecule has 0 heterocycles. The first-order valence-corrected chi connectivity index (χ1v) is 7.39. The van der Waals surface area contributed by atoms with E-state index in [4.69, 9.17) is 11.6 Å². The number of hydrogen-bond acceptors (Lipinski definition) is 1. The van der Waals surface area contributed by atoms with E-state index >= 15 is 0 Å². The molecule has 0 aromatic heterocycles. The van der Waals surface area contributed by atoms with Crippen molar-refractivity contribution in [1.82, 2.24) is 5.32 Å². The van der Waals surface area contributed by atoms with Gasteiger partial charge in [-0.25, -0.2) is 0 Å². The van der Waals surface area contributed by atoms with Crippen LogP contribution in [0.15, 0.2) is 54.6 Å². The predicted molar refractivity (Wildman–Crippen MR) is 86.1 cm³/mol. The van der Waals surface area contributed by atoms with E-state index in [1.165, 1.54) is 11.1 Å². The topological polar surface area (TPSA) is 29.1 Å². The summed E-state index contributed by atoms with van der Waals surface area (Å²) in [5.41, 5.74) is 3.38. The molecule has 0 spiro atoms. The molecule has 0 radical (unpaired) electrons. The molecule has 0 saturated carbocycles. The van der Waals surface area contributed by atoms with Gasteiger partial charge in [-0.3, -0.25) is 4.79 Å². The number of halogens is 1. The largest absolute Gasteiger partial charge is 0.352 e. The smallest absolute Gasteiger partial charge is 0.221 e. The molecule has 2 aromatic carbocycles. The second kappa shape index (κ2) is 6.15. The SMILES string of the molecule is O=C(CC1C=Cc2ccccc21)NCc1ccccc1Cl. The second-order valence-corrected chi connectivity index (χ2v) is 5.57. The van der Waals surface area contributed by atoms with Gasteiger partial charge in [0.15, 0.2) is 0 Å². The van der Waals surface area contributed by atoms with Gasteiger partial charge in [0.2, 0.25) is 5.91 Å². The fourth-order valence-electron chi connectivity index (χ4n) is 2.61. The van der Waals surface area contributed by atoms with Crippen LogP contribution in [-0.2, 0) is 11.3 Å². The lowest BCUT2D eigenvalue weighted by molar-refractivity contribution is -0.121. The molecule has 1 amide bonds. The van der Waals surface area contributed by atoms with Crippen LogP contribution in [0, 0.1) is 0 Å². The van der Waals surface area contributed by atoms with Gasteiger partial charge in [0, 0.05) is 23.9 Å². The molecular weight excluding hydrogens is 282 g/mol. The van der Waals surface area contributed by atoms with Crippen LogP contribution in [0.2, 0.25) is 5.02 Å². The van der Waals surface area contributed by atoms with Crippen molar-refractivity contribution in [1.29, 1.82) is 0 Å². The van der Waals surface area contributed by atoms with Crippen LogP contribution in [-0.4, -0.2) is 5.91 Å². The van der Waals surface area contributed by atoms with Crippen LogP contribution >= 0.6 is 11.6 Å². The number of amides is 1. The summed E-state index contributed by atoms with van der Waals surface area (Å²) in [4.78, 5) is 12.1. The highest BCUT2D eigenvalue weighted by Crippen LogP contribution is 2.32. The Kier molecular flexibility index (Phi) is 4.07. The molecule has 1 unspecified atom stereocenters. The first-order chi connectivity index (χ1) is 10.2. The predicted octanol–water partition coefficient (Wildman–Crippen LogP) is 4.16. The van der Waals surface area contributed by atoms with E-state index in [-0.39, 0.29) is 11.8 Å². The summed E-state index contributed by atoms with van der Waals surface area (Å²) in [5, 5.41) is 3.62. The average molecular weight is 298 g/mol. The van der Waals surface area contributed by atoms with Gasteiger partial charge in [-0.15, -0.1) is 0 Å². The molecule has 1 aliphatic carbocycles. The monoisotopic (exact) mass is 297 g/mol. The number of allylic oxidation sites excluding steroid dienone is 1. The zero-order valence-electron chi connectivity index (χ0n) is 11.6. The van der Waals surface area contributed by atoms with Crippen molar-refractivity contribution in [3.8, 4) is 0 Å². The Balaban J connectivity index is 1.59. The molecule has 2 nitrogen and oxygen atoms in total. The van der Waals surface area contributed by atoms with E-state index in [0.717, 1.165) is 5.56 Å². The Bertz CT molecular complexity index is 693. The van der Waals surface area contributed by atoms with Crippen LogP contribution in [0.5, 0.6) is 0 Å². The van der Waals surface area contributed by atoms with Crippen molar-refractivity contribution in [2.45, 2.75) is 18.9 Å². The lowest BCUT2D eigenvalue weighted by Gasteiger charge is -2.11. The highest BCUT2D eigenvalue weighted by molar-refractivity contribution is 6.31. The molecule has 3 heteroatoms. The van der Waals surface area contributed by atoms with Crippen LogP contribution in [0.25, 0.3) is 6.08 Å². The Morgan fingerprint density at radius 1 is 1.10 bits per heavy atom. The summed E-state index contributed by atoms with van der Waals surface area (Å²) < 4.78 is 0. The molecule has 0 fully saturated rings. The zero-order valence-corrected chi connectivity index (χ0v) is 12.3. The maximum Gasteiger partial charge on any atom is 0.221 e. The Morgan fingerprint density at radius 2 is 1.86 bits per heavy atom. The number of nitrogens with one attached hydrogen (secondary N) is 1. The van der Waals surface area contributed by atoms with E-state index < -0.39 is 0 Å². The lowest BCUT2D eigenvalue weighted by Crippen LogP contribution is -2.24. The average Bonchev–Trinajstić information content (AvgIpc) is 2.90. The van der Waals surface area contributed by atoms with Gasteiger partial charge in [-0.2, -0.15) is 0 Å². The number of benzene rings is 2. The summed E-state index contributed by atoms with van der Waals surface area (Å²) in [6, 6.07) is 15.8. The summed E-state index contributed by atoms with van der Waals surface area (Å²) in [5.74, 6) is 0.216. The quantitative estimate of drug-likeness (QED) is 0.902. The van der Waals surface area contributed by atoms with E-state index in [9.17, 15) is 4.79 Å². The normalized spacial score (nSPS) is 15.8. The Hall–Kier alpha value is -2.06. The van der Waals surface area contributed by atoms with E-state index in [0.29, 0.717) is 18.0 Å². The molecule has 0 bridgehead atoms. The molecule has 3 rings (SSSR count). The first kappa shape index (κ1) is 13.9. The van der Waals surface area contributed by atoms with Crippen molar-refractivity contribution >= 4 is 23.6 Å². The van der Waals surface area contributed by atoms with Crippen LogP contribution < -0.4 is 5.32 Å². The van der Waals surface area contributed by atoms with Crippen LogP contribution in [0.1, 0.15) is 29.0 Å². The maximum atomic E-state index is 12.1. The standard InChI is InChI=1S/C18H16ClNO/c19-17-8-4-2-6-15(17)12-20-18(21)11-14-10-9-13-5-1-3-7-16(13)14/h1-10,14H,11-12H2,(H,20,21). The highest BCUT2D eigenvalue weighted by Gasteiger charge is 2.19. The van der Waals surface area contributed by atoms with Gasteiger partial charge in [-0.05, 0) is 22.8 Å². The minimum Gasteiger partial charge on any atom is -0.352 e. The second-order valence-electron chi connectivity index (χ2n) is 5.17. The number of fused-ring (bicyclic) bond motifs is 1. The van der Waals surface area contributed by atoms with Gasteiger partial charge >= 0.3 is 0 Å². The number of rotatable bonds is 4. The number of hydrogen-bond donors (Lipinski definition) is 1. The molecule has 106 valence electrons. The summed E-state index contributed by atoms with van der Waals surface area (Å²) in [7, 11) is 0. The van der Waals surface area contributed by atoms with Crippen molar-refractivity contribution < 1.29 is 4.79 Å². The van der Waals surface area contributed by atoms with E-state index in [1.807, 2.05) is 36.4 Å². The molecule has 0 saturated heterocycles. The third-order valence-corrected chi connectivity index (χ3v) is 4.11. The van der Waals surface area contributed by atoms with Crippen LogP contribution in [0.3, 0.4) is 0 Å². The zero-order chi connectivity index (χ0) is 14.7. The van der Waals surface area contributed by atoms with Crippen molar-refractivity contribution in [2.24, 2.45) is 0 Å². The van der Waals surface area contributed by atoms with Gasteiger partial charge < -0.3 is 5.32 Å². The molecule has 2 aromatic rings. The van der Waals surface area contributed by atoms with Crippen molar-refractivity contribution in [3.63, 3.8) is 0 Å². The highest BCUT2D eigenvalue weighted by atomic mass is 35.5. The van der Waals surface area contributed by atoms with Gasteiger partial charge in [0.05, 0.1) is 0 Å². The minimum absolute atomic E-state index is 0.0428. The van der Waals surface area contributed by atoms with Gasteiger partial charge in [-0.1, -0.05) is 66.2 Å². The maximum absolute atomic E-state index is 12.1. The number of carbonyl (C=O) groups excluding carboxylic acids is 1. The number of carbonyl (C=O) groups is 1. The summed E-state index contributed by atoms with van der Waals surface area (Å²) in [6.07, 6.45) is 4.65. The lowest BCUT2D eigenvalue weighted by atomic mass is 9.97. The molecular formula is C18H16ClNO. The fraction of sp³-hybridized carbons (Fsp3) is 0.167. The van der Waals surface area contributed by atoms with E-state index in [2.05, 4.69) is 29.6 Å². The molecule has 1 atom stereocenters. The molecule has 21 heavy (non-hydrogen) atoms. The minimum atomic E-state index is 0.0428. The van der Waals surface area contributed by atoms with Crippen LogP contribution in [0.4, 0.5) is 0 Å². The van der Waals surface area contributed by atoms with Crippen molar-refractivity contribution in [3.05, 3.63) is 76.3 Å². The Morgan fingerprint density at radius 3 is 2.71 bits per heavy atom. The van der Waals surface area contributed by atoms with Gasteiger partial charge in [0.25, 0.3) is 0 Å². The third-order valence-electron chi connectivity index (χ3n) is 3.74. The van der Waals surface area contributed by atoms with E-state index in [1.54, 1.807) is 0 Å². The fourth-order valence-corrected chi connectivity index (χ4v) is 2.81. The van der Waals surface area contributed by atoms with Crippen molar-refractivity contribution in [2.75, 3.05) is 0 Å². The molecule has 0 aliphatic heterocycles. The van der Waals surface area contributed by atoms with Gasteiger partial charge in [0.1, 0.15) is 0 Å². The first-order valence-electron chi connectivity index (χ1n) is 7.01. The summed E-state index contributed by atoms with van der Waals surface area (Å²) in [6.45, 7) is 0.469. The summed E-state index contributed by atoms with van der Waals surface area (Å²) >= 11 is 6.08. The third kappa shape index (κ3) is 3.17. The Labute approximate surface area is 129 Å².